The van der Waals surface area contributed by atoms with E-state index >= 15 is 0 Å². The Balaban J connectivity index is 1.90. The summed E-state index contributed by atoms with van der Waals surface area (Å²) in [7, 11) is 0. The molecule has 3 atom stereocenters. The van der Waals surface area contributed by atoms with E-state index in [1.165, 1.54) is 12.1 Å². The number of halogens is 2. The van der Waals surface area contributed by atoms with Crippen LogP contribution < -0.4 is 10.1 Å². The molecule has 0 saturated carbocycles. The highest BCUT2D eigenvalue weighted by molar-refractivity contribution is 14.1. The van der Waals surface area contributed by atoms with Gasteiger partial charge in [-0.05, 0) is 84.2 Å². The SMILES string of the molecule is C=CCCCCC(=O)N(CCc1cccc(F)c1)C1CC(C(=O)NCCO)=CC(Oc2ccccc2I)C1O. The third-order valence-electron chi connectivity index (χ3n) is 6.61. The second-order valence-corrected chi connectivity index (χ2v) is 10.6. The zero-order chi connectivity index (χ0) is 28.2. The predicted molar refractivity (Wildman–Crippen MR) is 157 cm³/mol. The second kappa shape index (κ2) is 15.7. The van der Waals surface area contributed by atoms with Gasteiger partial charge in [-0.3, -0.25) is 9.59 Å². The summed E-state index contributed by atoms with van der Waals surface area (Å²) in [5.41, 5.74) is 1.10. The largest absolute Gasteiger partial charge is 0.482 e. The molecule has 3 N–H and O–H groups in total. The Bertz CT molecular complexity index is 1160. The van der Waals surface area contributed by atoms with Gasteiger partial charge in [0.1, 0.15) is 23.8 Å². The van der Waals surface area contributed by atoms with Crippen molar-refractivity contribution in [2.75, 3.05) is 19.7 Å². The standard InChI is InChI=1S/C30H36FIN2O5/c1-2-3-4-5-13-28(36)34(16-14-21-9-8-10-23(31)18-21)25-19-22(30(38)33-15-17-35)20-27(29(25)37)39-26-12-7-6-11-24(26)32/h2,6-12,18,20,25,27,29,35,37H,1,3-5,13-17,19H2,(H,33,38). The summed E-state index contributed by atoms with van der Waals surface area (Å²) in [6.07, 6.45) is 4.45. The number of ether oxygens (including phenoxy) is 1. The fourth-order valence-electron chi connectivity index (χ4n) is 4.59. The van der Waals surface area contributed by atoms with Crippen molar-refractivity contribution in [3.63, 3.8) is 0 Å². The number of benzene rings is 2. The van der Waals surface area contributed by atoms with Crippen LogP contribution in [0, 0.1) is 9.39 Å². The number of nitrogens with zero attached hydrogens (tertiary/aromatic N) is 1. The number of para-hydroxylation sites is 1. The third-order valence-corrected chi connectivity index (χ3v) is 7.51. The molecular weight excluding hydrogens is 614 g/mol. The molecule has 2 aromatic carbocycles. The monoisotopic (exact) mass is 650 g/mol. The number of rotatable bonds is 14. The average molecular weight is 651 g/mol. The molecule has 3 rings (SSSR count). The van der Waals surface area contributed by atoms with E-state index in [0.29, 0.717) is 24.2 Å². The van der Waals surface area contributed by atoms with Crippen molar-refractivity contribution in [1.82, 2.24) is 10.2 Å². The normalized spacial score (nSPS) is 18.7. The molecular formula is C30H36FIN2O5. The van der Waals surface area contributed by atoms with E-state index in [1.807, 2.05) is 24.3 Å². The van der Waals surface area contributed by atoms with Crippen molar-refractivity contribution in [1.29, 1.82) is 0 Å². The van der Waals surface area contributed by atoms with Crippen LogP contribution in [0.25, 0.3) is 0 Å². The number of amides is 2. The van der Waals surface area contributed by atoms with E-state index in [2.05, 4.69) is 34.5 Å². The van der Waals surface area contributed by atoms with Crippen LogP contribution >= 0.6 is 22.6 Å². The molecule has 0 spiro atoms. The summed E-state index contributed by atoms with van der Waals surface area (Å²) in [6.45, 7) is 3.84. The Morgan fingerprint density at radius 1 is 1.21 bits per heavy atom. The molecule has 0 fully saturated rings. The van der Waals surface area contributed by atoms with Crippen molar-refractivity contribution in [3.8, 4) is 5.75 Å². The number of hydrogen-bond donors (Lipinski definition) is 3. The second-order valence-electron chi connectivity index (χ2n) is 9.45. The van der Waals surface area contributed by atoms with E-state index in [9.17, 15) is 24.2 Å². The lowest BCUT2D eigenvalue weighted by molar-refractivity contribution is -0.138. The lowest BCUT2D eigenvalue weighted by Crippen LogP contribution is -2.55. The fourth-order valence-corrected chi connectivity index (χ4v) is 5.11. The number of allylic oxidation sites excluding steroid dienone is 1. The molecule has 210 valence electrons. The Morgan fingerprint density at radius 2 is 2.00 bits per heavy atom. The minimum atomic E-state index is -1.11. The van der Waals surface area contributed by atoms with Crippen molar-refractivity contribution in [2.24, 2.45) is 0 Å². The van der Waals surface area contributed by atoms with Crippen LogP contribution in [0.1, 0.15) is 37.7 Å². The molecule has 0 radical (unpaired) electrons. The Hall–Kier alpha value is -2.76. The first-order chi connectivity index (χ1) is 18.8. The summed E-state index contributed by atoms with van der Waals surface area (Å²) in [6, 6.07) is 12.8. The molecule has 3 unspecified atom stereocenters. The third kappa shape index (κ3) is 9.15. The molecule has 1 aliphatic rings. The molecule has 0 heterocycles. The van der Waals surface area contributed by atoms with Crippen LogP contribution in [0.5, 0.6) is 5.75 Å². The van der Waals surface area contributed by atoms with Gasteiger partial charge in [-0.2, -0.15) is 0 Å². The van der Waals surface area contributed by atoms with E-state index in [1.54, 1.807) is 29.2 Å². The quantitative estimate of drug-likeness (QED) is 0.162. The van der Waals surface area contributed by atoms with Gasteiger partial charge in [-0.15, -0.1) is 6.58 Å². The van der Waals surface area contributed by atoms with Gasteiger partial charge in [0.25, 0.3) is 0 Å². The zero-order valence-corrected chi connectivity index (χ0v) is 24.1. The van der Waals surface area contributed by atoms with Crippen LogP contribution in [0.3, 0.4) is 0 Å². The van der Waals surface area contributed by atoms with Gasteiger partial charge in [0.05, 0.1) is 16.2 Å². The Labute approximate surface area is 242 Å². The number of unbranched alkanes of at least 4 members (excludes halogenated alkanes) is 2. The molecule has 2 amide bonds. The maximum absolute atomic E-state index is 13.8. The summed E-state index contributed by atoms with van der Waals surface area (Å²) in [5.74, 6) is -0.342. The first-order valence-corrected chi connectivity index (χ1v) is 14.3. The van der Waals surface area contributed by atoms with Crippen LogP contribution in [0.4, 0.5) is 4.39 Å². The average Bonchev–Trinajstić information content (AvgIpc) is 2.92. The first kappa shape index (κ1) is 30.8. The number of aliphatic hydroxyl groups excluding tert-OH is 2. The molecule has 0 aromatic heterocycles. The highest BCUT2D eigenvalue weighted by Gasteiger charge is 2.40. The maximum Gasteiger partial charge on any atom is 0.247 e. The van der Waals surface area contributed by atoms with Gasteiger partial charge < -0.3 is 25.2 Å². The van der Waals surface area contributed by atoms with Gasteiger partial charge in [0.2, 0.25) is 11.8 Å². The summed E-state index contributed by atoms with van der Waals surface area (Å²) in [5, 5.41) is 23.4. The zero-order valence-electron chi connectivity index (χ0n) is 21.9. The van der Waals surface area contributed by atoms with Crippen LogP contribution in [-0.2, 0) is 16.0 Å². The fraction of sp³-hybridized carbons (Fsp3) is 0.400. The van der Waals surface area contributed by atoms with E-state index < -0.39 is 18.2 Å². The minimum absolute atomic E-state index is 0.0804. The van der Waals surface area contributed by atoms with Crippen molar-refractivity contribution >= 4 is 34.4 Å². The highest BCUT2D eigenvalue weighted by Crippen LogP contribution is 2.30. The van der Waals surface area contributed by atoms with Gasteiger partial charge in [-0.25, -0.2) is 4.39 Å². The predicted octanol–water partition coefficient (Wildman–Crippen LogP) is 4.16. The number of aliphatic hydroxyl groups is 2. The maximum atomic E-state index is 13.8. The number of carbonyl (C=O) groups excluding carboxylic acids is 2. The smallest absolute Gasteiger partial charge is 0.247 e. The van der Waals surface area contributed by atoms with Gasteiger partial charge in [-0.1, -0.05) is 30.3 Å². The van der Waals surface area contributed by atoms with Crippen LogP contribution in [-0.4, -0.2) is 64.9 Å². The molecule has 7 nitrogen and oxygen atoms in total. The van der Waals surface area contributed by atoms with Gasteiger partial charge in [0, 0.05) is 31.5 Å². The number of nitrogens with one attached hydrogen (secondary N) is 1. The molecule has 2 aromatic rings. The van der Waals surface area contributed by atoms with Crippen molar-refractivity contribution < 1.29 is 28.9 Å². The van der Waals surface area contributed by atoms with E-state index in [0.717, 1.165) is 22.0 Å². The van der Waals surface area contributed by atoms with Crippen LogP contribution in [0.2, 0.25) is 0 Å². The van der Waals surface area contributed by atoms with E-state index in [4.69, 9.17) is 4.74 Å². The summed E-state index contributed by atoms with van der Waals surface area (Å²) >= 11 is 2.14. The molecule has 1 aliphatic carbocycles. The topological polar surface area (TPSA) is 99.1 Å². The van der Waals surface area contributed by atoms with Crippen molar-refractivity contribution in [3.05, 3.63) is 87.8 Å². The minimum Gasteiger partial charge on any atom is -0.482 e. The lowest BCUT2D eigenvalue weighted by Gasteiger charge is -2.40. The summed E-state index contributed by atoms with van der Waals surface area (Å²) in [4.78, 5) is 28.1. The Morgan fingerprint density at radius 3 is 2.72 bits per heavy atom. The van der Waals surface area contributed by atoms with Crippen LogP contribution in [0.15, 0.2) is 72.8 Å². The molecule has 0 saturated heterocycles. The van der Waals surface area contributed by atoms with Crippen molar-refractivity contribution in [2.45, 2.75) is 56.8 Å². The van der Waals surface area contributed by atoms with E-state index in [-0.39, 0.29) is 50.2 Å². The van der Waals surface area contributed by atoms with Gasteiger partial charge >= 0.3 is 0 Å². The number of carbonyl (C=O) groups is 2. The first-order valence-electron chi connectivity index (χ1n) is 13.2. The molecule has 9 heteroatoms. The molecule has 0 aliphatic heterocycles. The van der Waals surface area contributed by atoms with Gasteiger partial charge in [0.15, 0.2) is 0 Å². The lowest BCUT2D eigenvalue weighted by atomic mass is 9.87. The highest BCUT2D eigenvalue weighted by atomic mass is 127. The summed E-state index contributed by atoms with van der Waals surface area (Å²) < 4.78 is 20.8. The number of hydrogen-bond acceptors (Lipinski definition) is 5. The Kier molecular flexibility index (Phi) is 12.4. The molecule has 39 heavy (non-hydrogen) atoms. The molecule has 0 bridgehead atoms.